The molecule has 0 aliphatic carbocycles. The van der Waals surface area contributed by atoms with Gasteiger partial charge < -0.3 is 15.7 Å². The van der Waals surface area contributed by atoms with Gasteiger partial charge >= 0.3 is 12.0 Å². The third kappa shape index (κ3) is 6.42. The van der Waals surface area contributed by atoms with Crippen LogP contribution < -0.4 is 10.6 Å². The molecule has 110 valence electrons. The molecular formula is C11H20N2O5S. The number of rotatable bonds is 5. The van der Waals surface area contributed by atoms with Crippen molar-refractivity contribution in [3.63, 3.8) is 0 Å². The minimum Gasteiger partial charge on any atom is -0.481 e. The lowest BCUT2D eigenvalue weighted by Crippen LogP contribution is -2.48. The van der Waals surface area contributed by atoms with Gasteiger partial charge in [0, 0.05) is 19.0 Å². The highest BCUT2D eigenvalue weighted by atomic mass is 32.2. The summed E-state index contributed by atoms with van der Waals surface area (Å²) < 4.78 is 22.8. The van der Waals surface area contributed by atoms with Crippen LogP contribution in [0.3, 0.4) is 0 Å². The maximum absolute atomic E-state index is 11.5. The second kappa shape index (κ2) is 6.74. The number of carbonyl (C=O) groups is 2. The van der Waals surface area contributed by atoms with Gasteiger partial charge in [-0.3, -0.25) is 4.79 Å². The van der Waals surface area contributed by atoms with Gasteiger partial charge in [-0.25, -0.2) is 13.2 Å². The molecule has 0 aromatic rings. The summed E-state index contributed by atoms with van der Waals surface area (Å²) in [5.41, 5.74) is 0. The second-order valence-corrected chi connectivity index (χ2v) is 7.24. The van der Waals surface area contributed by atoms with Gasteiger partial charge in [-0.2, -0.15) is 0 Å². The fraction of sp³-hybridized carbons (Fsp3) is 0.818. The molecule has 8 heteroatoms. The Morgan fingerprint density at radius 1 is 1.42 bits per heavy atom. The minimum absolute atomic E-state index is 0.0158. The van der Waals surface area contributed by atoms with Crippen LogP contribution in [0.15, 0.2) is 0 Å². The van der Waals surface area contributed by atoms with Gasteiger partial charge in [0.1, 0.15) is 0 Å². The average Bonchev–Trinajstić information content (AvgIpc) is 2.24. The van der Waals surface area contributed by atoms with Crippen LogP contribution in [0.4, 0.5) is 4.79 Å². The van der Waals surface area contributed by atoms with Gasteiger partial charge in [0.25, 0.3) is 0 Å². The molecule has 19 heavy (non-hydrogen) atoms. The standard InChI is InChI=1S/C11H20N2O5S/c1-8(5-10(14)15)6-12-11(16)13-9-3-2-4-19(17,18)7-9/h8-9H,2-7H2,1H3,(H,14,15)(H2,12,13,16). The first kappa shape index (κ1) is 15.7. The van der Waals surface area contributed by atoms with Gasteiger partial charge in [-0.15, -0.1) is 0 Å². The fourth-order valence-electron chi connectivity index (χ4n) is 2.01. The molecule has 1 heterocycles. The number of carboxylic acids is 1. The lowest BCUT2D eigenvalue weighted by atomic mass is 10.1. The number of hydrogen-bond donors (Lipinski definition) is 3. The molecule has 2 amide bonds. The molecule has 0 saturated carbocycles. The molecule has 0 radical (unpaired) electrons. The monoisotopic (exact) mass is 292 g/mol. The van der Waals surface area contributed by atoms with E-state index in [4.69, 9.17) is 5.11 Å². The third-order valence-corrected chi connectivity index (χ3v) is 4.75. The molecule has 2 unspecified atom stereocenters. The Kier molecular flexibility index (Phi) is 5.59. The van der Waals surface area contributed by atoms with Crippen molar-refractivity contribution in [1.82, 2.24) is 10.6 Å². The highest BCUT2D eigenvalue weighted by Crippen LogP contribution is 2.11. The molecule has 0 spiro atoms. The summed E-state index contributed by atoms with van der Waals surface area (Å²) in [7, 11) is -3.04. The van der Waals surface area contributed by atoms with Crippen molar-refractivity contribution >= 4 is 21.8 Å². The zero-order valence-electron chi connectivity index (χ0n) is 10.9. The molecule has 7 nitrogen and oxygen atoms in total. The maximum Gasteiger partial charge on any atom is 0.315 e. The van der Waals surface area contributed by atoms with E-state index in [1.807, 2.05) is 0 Å². The van der Waals surface area contributed by atoms with Crippen LogP contribution in [0.5, 0.6) is 0 Å². The lowest BCUT2D eigenvalue weighted by molar-refractivity contribution is -0.137. The molecule has 0 aromatic carbocycles. The van der Waals surface area contributed by atoms with Gasteiger partial charge in [0.2, 0.25) is 0 Å². The van der Waals surface area contributed by atoms with E-state index in [-0.39, 0.29) is 36.4 Å². The number of amides is 2. The van der Waals surface area contributed by atoms with E-state index in [1.165, 1.54) is 0 Å². The first-order valence-corrected chi connectivity index (χ1v) is 8.07. The van der Waals surface area contributed by atoms with Gasteiger partial charge in [-0.1, -0.05) is 6.92 Å². The summed E-state index contributed by atoms with van der Waals surface area (Å²) in [6, 6.07) is -0.798. The van der Waals surface area contributed by atoms with E-state index in [9.17, 15) is 18.0 Å². The zero-order chi connectivity index (χ0) is 14.5. The normalized spacial score (nSPS) is 23.3. The maximum atomic E-state index is 11.5. The first-order valence-electron chi connectivity index (χ1n) is 6.25. The number of sulfone groups is 1. The van der Waals surface area contributed by atoms with Crippen LogP contribution >= 0.6 is 0 Å². The number of aliphatic carboxylic acids is 1. The van der Waals surface area contributed by atoms with Crippen molar-refractivity contribution in [2.75, 3.05) is 18.1 Å². The highest BCUT2D eigenvalue weighted by Gasteiger charge is 2.25. The molecule has 1 fully saturated rings. The minimum atomic E-state index is -3.04. The Hall–Kier alpha value is -1.31. The van der Waals surface area contributed by atoms with Crippen LogP contribution in [-0.4, -0.2) is 49.6 Å². The average molecular weight is 292 g/mol. The summed E-state index contributed by atoms with van der Waals surface area (Å²) in [6.07, 6.45) is 1.19. The van der Waals surface area contributed by atoms with Crippen LogP contribution in [0.2, 0.25) is 0 Å². The zero-order valence-corrected chi connectivity index (χ0v) is 11.7. The smallest absolute Gasteiger partial charge is 0.315 e. The predicted molar refractivity (Wildman–Crippen MR) is 69.6 cm³/mol. The Balaban J connectivity index is 2.29. The van der Waals surface area contributed by atoms with E-state index < -0.39 is 21.8 Å². The van der Waals surface area contributed by atoms with Crippen molar-refractivity contribution in [3.05, 3.63) is 0 Å². The van der Waals surface area contributed by atoms with E-state index in [0.29, 0.717) is 12.8 Å². The third-order valence-electron chi connectivity index (χ3n) is 2.93. The topological polar surface area (TPSA) is 113 Å². The van der Waals surface area contributed by atoms with Crippen molar-refractivity contribution in [3.8, 4) is 0 Å². The summed E-state index contributed by atoms with van der Waals surface area (Å²) >= 11 is 0. The molecule has 0 aromatic heterocycles. The summed E-state index contributed by atoms with van der Waals surface area (Å²) in [5.74, 6) is -0.917. The molecule has 1 aliphatic heterocycles. The molecular weight excluding hydrogens is 272 g/mol. The van der Waals surface area contributed by atoms with Crippen LogP contribution in [0.25, 0.3) is 0 Å². The summed E-state index contributed by atoms with van der Waals surface area (Å²) in [5, 5.41) is 13.7. The van der Waals surface area contributed by atoms with E-state index in [1.54, 1.807) is 6.92 Å². The molecule has 1 aliphatic rings. The predicted octanol–water partition coefficient (Wildman–Crippen LogP) is -0.0264. The molecule has 1 saturated heterocycles. The van der Waals surface area contributed by atoms with Crippen LogP contribution in [0, 0.1) is 5.92 Å². The highest BCUT2D eigenvalue weighted by molar-refractivity contribution is 7.91. The van der Waals surface area contributed by atoms with Gasteiger partial charge in [0.15, 0.2) is 9.84 Å². The van der Waals surface area contributed by atoms with Crippen molar-refractivity contribution in [2.24, 2.45) is 5.92 Å². The quantitative estimate of drug-likeness (QED) is 0.659. The largest absolute Gasteiger partial charge is 0.481 e. The van der Waals surface area contributed by atoms with E-state index >= 15 is 0 Å². The second-order valence-electron chi connectivity index (χ2n) is 5.01. The number of nitrogens with one attached hydrogen (secondary N) is 2. The Morgan fingerprint density at radius 2 is 2.11 bits per heavy atom. The van der Waals surface area contributed by atoms with Crippen molar-refractivity contribution in [1.29, 1.82) is 0 Å². The van der Waals surface area contributed by atoms with Crippen molar-refractivity contribution < 1.29 is 23.1 Å². The summed E-state index contributed by atoms with van der Waals surface area (Å²) in [6.45, 7) is 1.97. The molecule has 3 N–H and O–H groups in total. The summed E-state index contributed by atoms with van der Waals surface area (Å²) in [4.78, 5) is 22.0. The first-order chi connectivity index (χ1) is 8.78. The van der Waals surface area contributed by atoms with Crippen LogP contribution in [-0.2, 0) is 14.6 Å². The van der Waals surface area contributed by atoms with E-state index in [2.05, 4.69) is 10.6 Å². The lowest BCUT2D eigenvalue weighted by Gasteiger charge is -2.23. The number of carbonyl (C=O) groups excluding carboxylic acids is 1. The van der Waals surface area contributed by atoms with Crippen molar-refractivity contribution in [2.45, 2.75) is 32.2 Å². The van der Waals surface area contributed by atoms with Gasteiger partial charge in [0.05, 0.1) is 11.5 Å². The Bertz CT molecular complexity index is 434. The fourth-order valence-corrected chi connectivity index (χ4v) is 3.65. The SMILES string of the molecule is CC(CNC(=O)NC1CCCS(=O)(=O)C1)CC(=O)O. The van der Waals surface area contributed by atoms with Crippen LogP contribution in [0.1, 0.15) is 26.2 Å². The molecule has 2 atom stereocenters. The molecule has 0 bridgehead atoms. The number of urea groups is 1. The van der Waals surface area contributed by atoms with E-state index in [0.717, 1.165) is 0 Å². The molecule has 1 rings (SSSR count). The van der Waals surface area contributed by atoms with Gasteiger partial charge in [-0.05, 0) is 18.8 Å². The number of hydrogen-bond acceptors (Lipinski definition) is 4. The number of carboxylic acid groups (broad SMARTS) is 1. The Morgan fingerprint density at radius 3 is 2.68 bits per heavy atom. The Labute approximate surface area is 112 Å².